The average molecular weight is 271 g/mol. The summed E-state index contributed by atoms with van der Waals surface area (Å²) in [6, 6.07) is -1.20. The van der Waals surface area contributed by atoms with E-state index in [1.165, 1.54) is 12.2 Å². The summed E-state index contributed by atoms with van der Waals surface area (Å²) in [5, 5.41) is 11.4. The quantitative estimate of drug-likeness (QED) is 0.827. The van der Waals surface area contributed by atoms with Gasteiger partial charge in [-0.05, 0) is 38.8 Å². The number of carbonyl (C=O) groups excluding carboxylic acids is 1. The molecule has 0 bridgehead atoms. The standard InChI is InChI=1S/C13H18FNO4/c1-13(2,3)19-12(18)15-10(11(16)17)8-4-6-9(14)7-5-8/h4,6,10H,5,7H2,1-3H3,(H,15,18)(H,16,17)/t10-/m0/s1. The highest BCUT2D eigenvalue weighted by molar-refractivity contribution is 5.83. The van der Waals surface area contributed by atoms with Crippen molar-refractivity contribution >= 4 is 12.1 Å². The first kappa shape index (κ1) is 15.2. The molecule has 106 valence electrons. The van der Waals surface area contributed by atoms with Crippen LogP contribution in [0, 0.1) is 0 Å². The van der Waals surface area contributed by atoms with Gasteiger partial charge in [-0.25, -0.2) is 14.0 Å². The molecule has 0 heterocycles. The zero-order valence-electron chi connectivity index (χ0n) is 11.2. The number of carboxylic acid groups (broad SMARTS) is 1. The summed E-state index contributed by atoms with van der Waals surface area (Å²) in [5.74, 6) is -1.50. The van der Waals surface area contributed by atoms with Crippen LogP contribution < -0.4 is 5.32 Å². The molecule has 0 aromatic heterocycles. The van der Waals surface area contributed by atoms with Crippen LogP contribution in [0.5, 0.6) is 0 Å². The number of carbonyl (C=O) groups is 2. The normalized spacial score (nSPS) is 17.1. The smallest absolute Gasteiger partial charge is 0.408 e. The first-order valence-electron chi connectivity index (χ1n) is 5.96. The van der Waals surface area contributed by atoms with E-state index in [0.29, 0.717) is 5.57 Å². The monoisotopic (exact) mass is 271 g/mol. The van der Waals surface area contributed by atoms with Gasteiger partial charge in [0.2, 0.25) is 0 Å². The molecule has 0 aliphatic heterocycles. The summed E-state index contributed by atoms with van der Waals surface area (Å²) in [7, 11) is 0. The number of allylic oxidation sites excluding steroid dienone is 3. The van der Waals surface area contributed by atoms with Gasteiger partial charge in [0.1, 0.15) is 11.4 Å². The maximum absolute atomic E-state index is 12.9. The Balaban J connectivity index is 2.75. The van der Waals surface area contributed by atoms with E-state index in [-0.39, 0.29) is 18.7 Å². The van der Waals surface area contributed by atoms with Crippen molar-refractivity contribution < 1.29 is 23.8 Å². The van der Waals surface area contributed by atoms with Crippen LogP contribution in [0.1, 0.15) is 33.6 Å². The third kappa shape index (κ3) is 5.11. The summed E-state index contributed by atoms with van der Waals surface area (Å²) < 4.78 is 17.9. The van der Waals surface area contributed by atoms with E-state index >= 15 is 0 Å². The second-order valence-corrected chi connectivity index (χ2v) is 5.27. The minimum atomic E-state index is -1.20. The summed E-state index contributed by atoms with van der Waals surface area (Å²) in [6.07, 6.45) is 2.19. The number of rotatable bonds is 3. The van der Waals surface area contributed by atoms with E-state index < -0.39 is 23.7 Å². The highest BCUT2D eigenvalue weighted by atomic mass is 19.1. The Labute approximate surface area is 111 Å². The number of aliphatic carboxylic acids is 1. The van der Waals surface area contributed by atoms with Crippen LogP contribution in [0.25, 0.3) is 0 Å². The van der Waals surface area contributed by atoms with Gasteiger partial charge < -0.3 is 15.2 Å². The van der Waals surface area contributed by atoms with Gasteiger partial charge >= 0.3 is 12.1 Å². The fourth-order valence-electron chi connectivity index (χ4n) is 1.61. The highest BCUT2D eigenvalue weighted by Gasteiger charge is 2.27. The first-order chi connectivity index (χ1) is 8.69. The minimum Gasteiger partial charge on any atom is -0.479 e. The maximum atomic E-state index is 12.9. The number of nitrogens with one attached hydrogen (secondary N) is 1. The van der Waals surface area contributed by atoms with E-state index in [2.05, 4.69) is 5.32 Å². The fraction of sp³-hybridized carbons (Fsp3) is 0.538. The first-order valence-corrected chi connectivity index (χ1v) is 5.96. The molecule has 0 aromatic rings. The van der Waals surface area contributed by atoms with Crippen LogP contribution in [0.3, 0.4) is 0 Å². The lowest BCUT2D eigenvalue weighted by atomic mass is 9.97. The van der Waals surface area contributed by atoms with Gasteiger partial charge in [-0.15, -0.1) is 0 Å². The van der Waals surface area contributed by atoms with Crippen molar-refractivity contribution in [2.45, 2.75) is 45.3 Å². The van der Waals surface area contributed by atoms with Crippen molar-refractivity contribution in [2.24, 2.45) is 0 Å². The predicted molar refractivity (Wildman–Crippen MR) is 67.3 cm³/mol. The largest absolute Gasteiger partial charge is 0.479 e. The van der Waals surface area contributed by atoms with Crippen molar-refractivity contribution in [3.8, 4) is 0 Å². The van der Waals surface area contributed by atoms with Gasteiger partial charge in [-0.1, -0.05) is 6.08 Å². The Kier molecular flexibility index (Phi) is 4.69. The van der Waals surface area contributed by atoms with Crippen LogP contribution in [0.2, 0.25) is 0 Å². The lowest BCUT2D eigenvalue weighted by Crippen LogP contribution is -2.44. The van der Waals surface area contributed by atoms with Gasteiger partial charge in [-0.3, -0.25) is 0 Å². The fourth-order valence-corrected chi connectivity index (χ4v) is 1.61. The maximum Gasteiger partial charge on any atom is 0.408 e. The molecule has 0 saturated carbocycles. The van der Waals surface area contributed by atoms with Gasteiger partial charge in [0.25, 0.3) is 0 Å². The third-order valence-electron chi connectivity index (χ3n) is 2.41. The summed E-state index contributed by atoms with van der Waals surface area (Å²) in [6.45, 7) is 5.04. The van der Waals surface area contributed by atoms with Crippen molar-refractivity contribution in [1.82, 2.24) is 5.32 Å². The van der Waals surface area contributed by atoms with E-state index in [4.69, 9.17) is 9.84 Å². The van der Waals surface area contributed by atoms with E-state index in [1.54, 1.807) is 20.8 Å². The van der Waals surface area contributed by atoms with Gasteiger partial charge in [-0.2, -0.15) is 0 Å². The predicted octanol–water partition coefficient (Wildman–Crippen LogP) is 2.54. The third-order valence-corrected chi connectivity index (χ3v) is 2.41. The molecule has 5 nitrogen and oxygen atoms in total. The molecule has 0 unspecified atom stereocenters. The summed E-state index contributed by atoms with van der Waals surface area (Å²) in [5.41, 5.74) is -0.264. The zero-order valence-corrected chi connectivity index (χ0v) is 11.2. The molecule has 1 aliphatic carbocycles. The minimum absolute atomic E-state index is 0.144. The van der Waals surface area contributed by atoms with Crippen molar-refractivity contribution in [3.63, 3.8) is 0 Å². The Morgan fingerprint density at radius 1 is 1.37 bits per heavy atom. The molecular weight excluding hydrogens is 253 g/mol. The lowest BCUT2D eigenvalue weighted by molar-refractivity contribution is -0.138. The molecule has 2 N–H and O–H groups in total. The molecule has 0 radical (unpaired) electrons. The Bertz CT molecular complexity index is 434. The van der Waals surface area contributed by atoms with Crippen molar-refractivity contribution in [3.05, 3.63) is 23.6 Å². The number of carboxylic acids is 1. The topological polar surface area (TPSA) is 75.6 Å². The van der Waals surface area contributed by atoms with Crippen LogP contribution >= 0.6 is 0 Å². The highest BCUT2D eigenvalue weighted by Crippen LogP contribution is 2.22. The molecule has 0 fully saturated rings. The molecular formula is C13H18FNO4. The number of amides is 1. The Morgan fingerprint density at radius 2 is 2.00 bits per heavy atom. The summed E-state index contributed by atoms with van der Waals surface area (Å²) in [4.78, 5) is 22.7. The van der Waals surface area contributed by atoms with Crippen LogP contribution in [-0.4, -0.2) is 28.8 Å². The Morgan fingerprint density at radius 3 is 2.42 bits per heavy atom. The van der Waals surface area contributed by atoms with Crippen molar-refractivity contribution in [1.29, 1.82) is 0 Å². The molecule has 1 rings (SSSR count). The molecule has 1 atom stereocenters. The molecule has 6 heteroatoms. The number of halogens is 1. The number of hydrogen-bond acceptors (Lipinski definition) is 3. The molecule has 19 heavy (non-hydrogen) atoms. The molecule has 1 aliphatic rings. The SMILES string of the molecule is CC(C)(C)OC(=O)N[C@H](C(=O)O)C1=CC=C(F)CC1. The molecule has 0 spiro atoms. The number of ether oxygens (including phenoxy) is 1. The molecule has 1 amide bonds. The summed E-state index contributed by atoms with van der Waals surface area (Å²) >= 11 is 0. The molecule has 0 aromatic carbocycles. The van der Waals surface area contributed by atoms with E-state index in [0.717, 1.165) is 0 Å². The second-order valence-electron chi connectivity index (χ2n) is 5.27. The zero-order chi connectivity index (χ0) is 14.6. The van der Waals surface area contributed by atoms with E-state index in [1.807, 2.05) is 0 Å². The van der Waals surface area contributed by atoms with E-state index in [9.17, 15) is 14.0 Å². The van der Waals surface area contributed by atoms with Crippen molar-refractivity contribution in [2.75, 3.05) is 0 Å². The van der Waals surface area contributed by atoms with Crippen LogP contribution in [0.4, 0.5) is 9.18 Å². The van der Waals surface area contributed by atoms with Crippen LogP contribution in [0.15, 0.2) is 23.6 Å². The molecule has 0 saturated heterocycles. The number of hydrogen-bond donors (Lipinski definition) is 2. The van der Waals surface area contributed by atoms with Gasteiger partial charge in [0.05, 0.1) is 0 Å². The lowest BCUT2D eigenvalue weighted by Gasteiger charge is -2.23. The Hall–Kier alpha value is -1.85. The second kappa shape index (κ2) is 5.86. The number of alkyl carbamates (subject to hydrolysis) is 1. The average Bonchev–Trinajstić information content (AvgIpc) is 2.24. The van der Waals surface area contributed by atoms with Gasteiger partial charge in [0, 0.05) is 6.42 Å². The van der Waals surface area contributed by atoms with Crippen LogP contribution in [-0.2, 0) is 9.53 Å². The van der Waals surface area contributed by atoms with Gasteiger partial charge in [0.15, 0.2) is 6.04 Å².